The van der Waals surface area contributed by atoms with Gasteiger partial charge in [-0.1, -0.05) is 11.6 Å². The zero-order valence-electron chi connectivity index (χ0n) is 11.2. The monoisotopic (exact) mass is 298 g/mol. The summed E-state index contributed by atoms with van der Waals surface area (Å²) >= 11 is 7.54. The van der Waals surface area contributed by atoms with Gasteiger partial charge in [-0.3, -0.25) is 4.79 Å². The van der Waals surface area contributed by atoms with Crippen LogP contribution in [-0.2, 0) is 0 Å². The fraction of sp³-hybridized carbons (Fsp3) is 0.417. The standard InChI is InChI=1S/C12H15ClN4OS/c1-5-14-12-15-9(13)7-6(2)8(11(18)17(3)4)19-10(7)16-12/h5H2,1-4H3,(H,14,15,16). The van der Waals surface area contributed by atoms with Gasteiger partial charge in [0, 0.05) is 20.6 Å². The lowest BCUT2D eigenvalue weighted by atomic mass is 10.2. The summed E-state index contributed by atoms with van der Waals surface area (Å²) in [5.41, 5.74) is 0.840. The number of hydrogen-bond acceptors (Lipinski definition) is 5. The van der Waals surface area contributed by atoms with Gasteiger partial charge in [0.1, 0.15) is 9.98 Å². The second kappa shape index (κ2) is 5.30. The van der Waals surface area contributed by atoms with Gasteiger partial charge < -0.3 is 10.2 Å². The van der Waals surface area contributed by atoms with Crippen LogP contribution in [0.3, 0.4) is 0 Å². The van der Waals surface area contributed by atoms with Gasteiger partial charge in [0.15, 0.2) is 0 Å². The van der Waals surface area contributed by atoms with Crippen LogP contribution in [0.25, 0.3) is 10.2 Å². The highest BCUT2D eigenvalue weighted by Gasteiger charge is 2.20. The Morgan fingerprint density at radius 2 is 2.11 bits per heavy atom. The Bertz CT molecular complexity index is 638. The Balaban J connectivity index is 2.62. The van der Waals surface area contributed by atoms with Crippen molar-refractivity contribution in [2.45, 2.75) is 13.8 Å². The Morgan fingerprint density at radius 1 is 1.42 bits per heavy atom. The van der Waals surface area contributed by atoms with Crippen LogP contribution < -0.4 is 5.32 Å². The number of anilines is 1. The molecule has 7 heteroatoms. The van der Waals surface area contributed by atoms with Crippen LogP contribution >= 0.6 is 22.9 Å². The number of aryl methyl sites for hydroxylation is 1. The fourth-order valence-electron chi connectivity index (χ4n) is 1.73. The summed E-state index contributed by atoms with van der Waals surface area (Å²) in [6, 6.07) is 0. The van der Waals surface area contributed by atoms with Gasteiger partial charge in [-0.2, -0.15) is 0 Å². The molecule has 19 heavy (non-hydrogen) atoms. The lowest BCUT2D eigenvalue weighted by molar-refractivity contribution is 0.0831. The van der Waals surface area contributed by atoms with E-state index in [4.69, 9.17) is 11.6 Å². The van der Waals surface area contributed by atoms with E-state index in [1.54, 1.807) is 19.0 Å². The minimum atomic E-state index is -0.0402. The number of hydrogen-bond donors (Lipinski definition) is 1. The predicted molar refractivity (Wildman–Crippen MR) is 79.3 cm³/mol. The topological polar surface area (TPSA) is 58.1 Å². The Labute approximate surface area is 120 Å². The van der Waals surface area contributed by atoms with Crippen molar-refractivity contribution in [3.63, 3.8) is 0 Å². The minimum absolute atomic E-state index is 0.0402. The molecule has 2 aromatic heterocycles. The first-order valence-electron chi connectivity index (χ1n) is 5.87. The number of rotatable bonds is 3. The molecule has 5 nitrogen and oxygen atoms in total. The highest BCUT2D eigenvalue weighted by molar-refractivity contribution is 7.20. The van der Waals surface area contributed by atoms with Crippen LogP contribution in [0.1, 0.15) is 22.2 Å². The summed E-state index contributed by atoms with van der Waals surface area (Å²) in [6.07, 6.45) is 0. The van der Waals surface area contributed by atoms with Gasteiger partial charge in [-0.05, 0) is 19.4 Å². The second-order valence-corrected chi connectivity index (χ2v) is 5.66. The van der Waals surface area contributed by atoms with E-state index in [0.717, 1.165) is 22.3 Å². The van der Waals surface area contributed by atoms with Gasteiger partial charge in [0.2, 0.25) is 5.95 Å². The van der Waals surface area contributed by atoms with E-state index in [1.165, 1.54) is 11.3 Å². The molecule has 1 N–H and O–H groups in total. The third kappa shape index (κ3) is 2.50. The maximum Gasteiger partial charge on any atom is 0.263 e. The summed E-state index contributed by atoms with van der Waals surface area (Å²) in [4.78, 5) is 23.6. The number of fused-ring (bicyclic) bond motifs is 1. The summed E-state index contributed by atoms with van der Waals surface area (Å²) < 4.78 is 0. The lowest BCUT2D eigenvalue weighted by Gasteiger charge is -2.08. The fourth-order valence-corrected chi connectivity index (χ4v) is 3.30. The minimum Gasteiger partial charge on any atom is -0.354 e. The zero-order chi connectivity index (χ0) is 14.2. The van der Waals surface area contributed by atoms with Crippen molar-refractivity contribution in [3.05, 3.63) is 15.6 Å². The van der Waals surface area contributed by atoms with E-state index < -0.39 is 0 Å². The molecule has 0 atom stereocenters. The van der Waals surface area contributed by atoms with Gasteiger partial charge in [-0.15, -0.1) is 11.3 Å². The van der Waals surface area contributed by atoms with E-state index in [1.807, 2.05) is 13.8 Å². The molecule has 2 aromatic rings. The normalized spacial score (nSPS) is 10.8. The summed E-state index contributed by atoms with van der Waals surface area (Å²) in [5.74, 6) is 0.451. The molecule has 102 valence electrons. The molecule has 0 aliphatic rings. The molecule has 0 aliphatic heterocycles. The lowest BCUT2D eigenvalue weighted by Crippen LogP contribution is -2.21. The number of thiophene rings is 1. The molecule has 0 spiro atoms. The van der Waals surface area contributed by atoms with Crippen LogP contribution in [-0.4, -0.2) is 41.4 Å². The predicted octanol–water partition coefficient (Wildman–Crippen LogP) is 2.79. The van der Waals surface area contributed by atoms with Crippen LogP contribution in [0.2, 0.25) is 5.15 Å². The number of amides is 1. The van der Waals surface area contributed by atoms with Crippen LogP contribution in [0.15, 0.2) is 0 Å². The number of nitrogens with zero attached hydrogens (tertiary/aromatic N) is 3. The van der Waals surface area contributed by atoms with E-state index in [0.29, 0.717) is 16.0 Å². The van der Waals surface area contributed by atoms with Crippen LogP contribution in [0, 0.1) is 6.92 Å². The molecular formula is C12H15ClN4OS. The Kier molecular flexibility index (Phi) is 3.91. The molecule has 0 bridgehead atoms. The summed E-state index contributed by atoms with van der Waals surface area (Å²) in [6.45, 7) is 4.55. The molecular weight excluding hydrogens is 284 g/mol. The van der Waals surface area contributed by atoms with Crippen molar-refractivity contribution in [3.8, 4) is 0 Å². The maximum absolute atomic E-state index is 12.1. The first kappa shape index (κ1) is 14.0. The van der Waals surface area contributed by atoms with E-state index >= 15 is 0 Å². The van der Waals surface area contributed by atoms with Crippen molar-refractivity contribution >= 4 is 45.0 Å². The van der Waals surface area contributed by atoms with Crippen LogP contribution in [0.4, 0.5) is 5.95 Å². The van der Waals surface area contributed by atoms with Gasteiger partial charge in [0.25, 0.3) is 5.91 Å². The molecule has 2 rings (SSSR count). The average molecular weight is 299 g/mol. The molecule has 0 unspecified atom stereocenters. The summed E-state index contributed by atoms with van der Waals surface area (Å²) in [5, 5.41) is 4.17. The first-order chi connectivity index (χ1) is 8.95. The van der Waals surface area contributed by atoms with Crippen molar-refractivity contribution in [1.82, 2.24) is 14.9 Å². The molecule has 0 aromatic carbocycles. The molecule has 0 fully saturated rings. The smallest absolute Gasteiger partial charge is 0.263 e. The Morgan fingerprint density at radius 3 is 2.68 bits per heavy atom. The molecule has 0 aliphatic carbocycles. The quantitative estimate of drug-likeness (QED) is 0.885. The van der Waals surface area contributed by atoms with Gasteiger partial charge in [-0.25, -0.2) is 9.97 Å². The highest BCUT2D eigenvalue weighted by atomic mass is 35.5. The third-order valence-corrected chi connectivity index (χ3v) is 4.13. The van der Waals surface area contributed by atoms with E-state index in [9.17, 15) is 4.79 Å². The van der Waals surface area contributed by atoms with Gasteiger partial charge >= 0.3 is 0 Å². The summed E-state index contributed by atoms with van der Waals surface area (Å²) in [7, 11) is 3.45. The molecule has 0 radical (unpaired) electrons. The average Bonchev–Trinajstić information content (AvgIpc) is 2.66. The van der Waals surface area contributed by atoms with E-state index in [-0.39, 0.29) is 5.91 Å². The van der Waals surface area contributed by atoms with Crippen LogP contribution in [0.5, 0.6) is 0 Å². The van der Waals surface area contributed by atoms with Crippen molar-refractivity contribution in [1.29, 1.82) is 0 Å². The number of nitrogens with one attached hydrogen (secondary N) is 1. The van der Waals surface area contributed by atoms with Crippen molar-refractivity contribution < 1.29 is 4.79 Å². The number of carbonyl (C=O) groups excluding carboxylic acids is 1. The molecule has 2 heterocycles. The third-order valence-electron chi connectivity index (χ3n) is 2.68. The first-order valence-corrected chi connectivity index (χ1v) is 7.07. The molecule has 1 amide bonds. The number of carbonyl (C=O) groups is 1. The Hall–Kier alpha value is -1.40. The highest BCUT2D eigenvalue weighted by Crippen LogP contribution is 2.34. The van der Waals surface area contributed by atoms with Crippen molar-refractivity contribution in [2.75, 3.05) is 26.0 Å². The molecule has 0 saturated carbocycles. The number of aromatic nitrogens is 2. The SMILES string of the molecule is CCNc1nc(Cl)c2c(C)c(C(=O)N(C)C)sc2n1. The number of halogens is 1. The van der Waals surface area contributed by atoms with E-state index in [2.05, 4.69) is 15.3 Å². The second-order valence-electron chi connectivity index (χ2n) is 4.30. The van der Waals surface area contributed by atoms with Crippen molar-refractivity contribution in [2.24, 2.45) is 0 Å². The molecule has 0 saturated heterocycles. The maximum atomic E-state index is 12.1. The van der Waals surface area contributed by atoms with Gasteiger partial charge in [0.05, 0.1) is 10.3 Å². The zero-order valence-corrected chi connectivity index (χ0v) is 12.8. The largest absolute Gasteiger partial charge is 0.354 e.